The second kappa shape index (κ2) is 8.94. The number of piperidine rings is 1. The van der Waals surface area contributed by atoms with Gasteiger partial charge in [-0.05, 0) is 50.6 Å². The standard InChI is InChI=1S/C24H23ClF3N3O3/c1-24(2,16-7-12(25)3-5-17(16)26)23(34)29-13-10-31(11-13)14-8-18(27)21(19(28)9-14)15-4-6-20(32)30-22(15)33/h3,5,7-9,13,15H,4,6,10-11H2,1-2H3,(H,29,34)(H,30,32,33). The van der Waals surface area contributed by atoms with Crippen molar-refractivity contribution < 1.29 is 27.6 Å². The number of carbonyl (C=O) groups is 3. The Balaban J connectivity index is 1.41. The lowest BCUT2D eigenvalue weighted by Crippen LogP contribution is -2.61. The molecule has 180 valence electrons. The van der Waals surface area contributed by atoms with Gasteiger partial charge < -0.3 is 10.2 Å². The first-order valence-corrected chi connectivity index (χ1v) is 11.2. The number of nitrogens with zero attached hydrogens (tertiary/aromatic N) is 1. The third-order valence-corrected chi connectivity index (χ3v) is 6.64. The van der Waals surface area contributed by atoms with Crippen LogP contribution in [0, 0.1) is 17.5 Å². The highest BCUT2D eigenvalue weighted by molar-refractivity contribution is 6.30. The van der Waals surface area contributed by atoms with Gasteiger partial charge in [0.05, 0.1) is 17.4 Å². The number of anilines is 1. The van der Waals surface area contributed by atoms with E-state index in [0.717, 1.165) is 12.1 Å². The molecule has 2 saturated heterocycles. The lowest BCUT2D eigenvalue weighted by molar-refractivity contribution is -0.134. The Hall–Kier alpha value is -3.07. The molecule has 3 amide bonds. The molecule has 0 bridgehead atoms. The molecule has 34 heavy (non-hydrogen) atoms. The lowest BCUT2D eigenvalue weighted by atomic mass is 9.83. The van der Waals surface area contributed by atoms with Crippen LogP contribution in [0.2, 0.25) is 5.02 Å². The third-order valence-electron chi connectivity index (χ3n) is 6.40. The van der Waals surface area contributed by atoms with Crippen molar-refractivity contribution >= 4 is 35.0 Å². The Bertz CT molecular complexity index is 1160. The van der Waals surface area contributed by atoms with Crippen LogP contribution in [0.25, 0.3) is 0 Å². The Kier molecular flexibility index (Phi) is 6.33. The summed E-state index contributed by atoms with van der Waals surface area (Å²) in [5, 5.41) is 5.26. The zero-order chi connectivity index (χ0) is 24.8. The van der Waals surface area contributed by atoms with Gasteiger partial charge in [-0.1, -0.05) is 11.6 Å². The number of imide groups is 1. The highest BCUT2D eigenvalue weighted by atomic mass is 35.5. The quantitative estimate of drug-likeness (QED) is 0.624. The van der Waals surface area contributed by atoms with Crippen molar-refractivity contribution in [3.63, 3.8) is 0 Å². The molecule has 10 heteroatoms. The van der Waals surface area contributed by atoms with Gasteiger partial charge in [-0.15, -0.1) is 0 Å². The van der Waals surface area contributed by atoms with E-state index in [2.05, 4.69) is 10.6 Å². The minimum absolute atomic E-state index is 0.0139. The molecule has 0 saturated carbocycles. The zero-order valence-corrected chi connectivity index (χ0v) is 19.3. The van der Waals surface area contributed by atoms with Crippen molar-refractivity contribution in [3.05, 3.63) is 63.9 Å². The topological polar surface area (TPSA) is 78.5 Å². The number of nitrogens with one attached hydrogen (secondary N) is 2. The van der Waals surface area contributed by atoms with Crippen molar-refractivity contribution in [2.24, 2.45) is 0 Å². The molecule has 1 unspecified atom stereocenters. The fourth-order valence-corrected chi connectivity index (χ4v) is 4.47. The van der Waals surface area contributed by atoms with Gasteiger partial charge >= 0.3 is 0 Å². The predicted octanol–water partition coefficient (Wildman–Crippen LogP) is 3.56. The molecule has 0 aliphatic carbocycles. The number of benzene rings is 2. The molecule has 2 aromatic rings. The highest BCUT2D eigenvalue weighted by Gasteiger charge is 2.38. The van der Waals surface area contributed by atoms with Gasteiger partial charge in [0.15, 0.2) is 0 Å². The van der Waals surface area contributed by atoms with Crippen LogP contribution in [0.1, 0.15) is 43.7 Å². The number of rotatable bonds is 5. The Labute approximate surface area is 199 Å². The molecular weight excluding hydrogens is 471 g/mol. The van der Waals surface area contributed by atoms with E-state index >= 15 is 0 Å². The van der Waals surface area contributed by atoms with Crippen molar-refractivity contribution in [1.82, 2.24) is 10.6 Å². The molecule has 2 fully saturated rings. The number of halogens is 4. The molecule has 2 aliphatic rings. The van der Waals surface area contributed by atoms with Crippen LogP contribution < -0.4 is 15.5 Å². The van der Waals surface area contributed by atoms with E-state index in [9.17, 15) is 27.6 Å². The summed E-state index contributed by atoms with van der Waals surface area (Å²) < 4.78 is 43.8. The summed E-state index contributed by atoms with van der Waals surface area (Å²) in [5.41, 5.74) is -1.10. The van der Waals surface area contributed by atoms with E-state index in [4.69, 9.17) is 11.6 Å². The smallest absolute Gasteiger partial charge is 0.234 e. The Morgan fingerprint density at radius 1 is 1.09 bits per heavy atom. The summed E-state index contributed by atoms with van der Waals surface area (Å²) in [6.45, 7) is 3.78. The van der Waals surface area contributed by atoms with Gasteiger partial charge in [0.2, 0.25) is 17.7 Å². The maximum Gasteiger partial charge on any atom is 0.234 e. The SMILES string of the molecule is CC(C)(C(=O)NC1CN(c2cc(F)c(C3CCC(=O)NC3=O)c(F)c2)C1)c1cc(Cl)ccc1F. The van der Waals surface area contributed by atoms with Crippen molar-refractivity contribution in [2.75, 3.05) is 18.0 Å². The van der Waals surface area contributed by atoms with Crippen LogP contribution in [0.3, 0.4) is 0 Å². The fourth-order valence-electron chi connectivity index (χ4n) is 4.30. The molecular formula is C24H23ClF3N3O3. The van der Waals surface area contributed by atoms with E-state index < -0.39 is 46.5 Å². The number of amides is 3. The predicted molar refractivity (Wildman–Crippen MR) is 120 cm³/mol. The molecule has 1 atom stereocenters. The van der Waals surface area contributed by atoms with Gasteiger partial charge in [-0.3, -0.25) is 19.7 Å². The van der Waals surface area contributed by atoms with E-state index in [1.54, 1.807) is 18.7 Å². The van der Waals surface area contributed by atoms with Gasteiger partial charge in [0.25, 0.3) is 0 Å². The van der Waals surface area contributed by atoms with Crippen LogP contribution in [0.5, 0.6) is 0 Å². The molecule has 6 nitrogen and oxygen atoms in total. The van der Waals surface area contributed by atoms with Crippen molar-refractivity contribution in [1.29, 1.82) is 0 Å². The summed E-state index contributed by atoms with van der Waals surface area (Å²) >= 11 is 5.96. The molecule has 2 N–H and O–H groups in total. The largest absolute Gasteiger partial charge is 0.367 e. The van der Waals surface area contributed by atoms with E-state index in [0.29, 0.717) is 18.1 Å². The average Bonchev–Trinajstić information content (AvgIpc) is 2.72. The molecule has 2 aromatic carbocycles. The first-order chi connectivity index (χ1) is 16.0. The number of carbonyl (C=O) groups excluding carboxylic acids is 3. The van der Waals surface area contributed by atoms with Crippen molar-refractivity contribution in [2.45, 2.75) is 44.1 Å². The van der Waals surface area contributed by atoms with Crippen LogP contribution >= 0.6 is 11.6 Å². The first kappa shape index (κ1) is 24.1. The average molecular weight is 494 g/mol. The molecule has 4 rings (SSSR count). The molecule has 2 heterocycles. The van der Waals surface area contributed by atoms with Crippen LogP contribution in [-0.4, -0.2) is 36.9 Å². The second-order valence-corrected chi connectivity index (χ2v) is 9.59. The van der Waals surface area contributed by atoms with E-state index in [1.165, 1.54) is 18.2 Å². The molecule has 0 aromatic heterocycles. The van der Waals surface area contributed by atoms with Crippen LogP contribution in [-0.2, 0) is 19.8 Å². The summed E-state index contributed by atoms with van der Waals surface area (Å²) in [4.78, 5) is 37.8. The zero-order valence-electron chi connectivity index (χ0n) is 18.6. The summed E-state index contributed by atoms with van der Waals surface area (Å²) in [7, 11) is 0. The van der Waals surface area contributed by atoms with Gasteiger partial charge in [-0.25, -0.2) is 13.2 Å². The number of hydrogen-bond donors (Lipinski definition) is 2. The second-order valence-electron chi connectivity index (χ2n) is 9.15. The Morgan fingerprint density at radius 2 is 1.74 bits per heavy atom. The van der Waals surface area contributed by atoms with Crippen molar-refractivity contribution in [3.8, 4) is 0 Å². The third kappa shape index (κ3) is 4.49. The first-order valence-electron chi connectivity index (χ1n) is 10.8. The van der Waals surface area contributed by atoms with Gasteiger partial charge in [-0.2, -0.15) is 0 Å². The molecule has 0 radical (unpaired) electrons. The normalized spacial score (nSPS) is 19.0. The summed E-state index contributed by atoms with van der Waals surface area (Å²) in [6, 6.07) is 6.02. The summed E-state index contributed by atoms with van der Waals surface area (Å²) in [5.74, 6) is -4.92. The molecule has 2 aliphatic heterocycles. The van der Waals surface area contributed by atoms with Crippen LogP contribution in [0.4, 0.5) is 18.9 Å². The minimum Gasteiger partial charge on any atom is -0.367 e. The van der Waals surface area contributed by atoms with Gasteiger partial charge in [0.1, 0.15) is 17.5 Å². The minimum atomic E-state index is -1.18. The lowest BCUT2D eigenvalue weighted by Gasteiger charge is -2.42. The highest BCUT2D eigenvalue weighted by Crippen LogP contribution is 2.34. The molecule has 0 spiro atoms. The van der Waals surface area contributed by atoms with E-state index in [-0.39, 0.29) is 35.7 Å². The van der Waals surface area contributed by atoms with E-state index in [1.807, 2.05) is 0 Å². The van der Waals surface area contributed by atoms with Crippen LogP contribution in [0.15, 0.2) is 30.3 Å². The Morgan fingerprint density at radius 3 is 2.35 bits per heavy atom. The fraction of sp³-hybridized carbons (Fsp3) is 0.375. The number of hydrogen-bond acceptors (Lipinski definition) is 4. The summed E-state index contributed by atoms with van der Waals surface area (Å²) in [6.07, 6.45) is 0.0542. The van der Waals surface area contributed by atoms with Gasteiger partial charge in [0, 0.05) is 41.3 Å². The maximum atomic E-state index is 14.8. The maximum absolute atomic E-state index is 14.8. The monoisotopic (exact) mass is 493 g/mol.